The van der Waals surface area contributed by atoms with Crippen molar-refractivity contribution in [2.24, 2.45) is 5.11 Å². The second kappa shape index (κ2) is 31.3. The van der Waals surface area contributed by atoms with Gasteiger partial charge in [-0.1, -0.05) is 202 Å². The third kappa shape index (κ3) is 15.4. The van der Waals surface area contributed by atoms with Crippen LogP contribution in [0.3, 0.4) is 0 Å². The van der Waals surface area contributed by atoms with Gasteiger partial charge in [-0.2, -0.15) is 0 Å². The van der Waals surface area contributed by atoms with Crippen molar-refractivity contribution in [1.29, 1.82) is 0 Å². The molecule has 24 heteroatoms. The van der Waals surface area contributed by atoms with Gasteiger partial charge < -0.3 is 61.3 Å². The molecule has 0 N–H and O–H groups in total. The molecule has 0 spiro atoms. The van der Waals surface area contributed by atoms with Gasteiger partial charge >= 0.3 is 5.97 Å². The number of hydrogen-bond acceptors (Lipinski definition) is 19. The topological polar surface area (TPSA) is 261 Å². The first-order chi connectivity index (χ1) is 48.9. The largest absolute Gasteiger partial charge is 0.454 e. The van der Waals surface area contributed by atoms with Gasteiger partial charge in [0.05, 0.1) is 68.5 Å². The number of rotatable bonds is 25. The van der Waals surface area contributed by atoms with E-state index in [2.05, 4.69) is 43.9 Å². The first-order valence-corrected chi connectivity index (χ1v) is 36.8. The minimum Gasteiger partial charge on any atom is -0.454 e. The highest BCUT2D eigenvalue weighted by molar-refractivity contribution is 6.74. The first-order valence-electron chi connectivity index (χ1n) is 33.9. The van der Waals surface area contributed by atoms with Crippen LogP contribution in [0.4, 0.5) is 0 Å². The van der Waals surface area contributed by atoms with Crippen LogP contribution in [0.25, 0.3) is 10.4 Å². The number of benzene rings is 7. The molecule has 7 aromatic rings. The van der Waals surface area contributed by atoms with E-state index in [4.69, 9.17) is 61.3 Å². The van der Waals surface area contributed by atoms with E-state index in [0.717, 1.165) is 26.5 Å². The van der Waals surface area contributed by atoms with Gasteiger partial charge in [-0.15, -0.1) is 0 Å². The molecule has 0 unspecified atom stereocenters. The molecule has 0 radical (unpaired) electrons. The standard InChI is InChI=1S/C77H81N5O18Si/c1-47(83)93-68-67(100-101(5,6)77(2,3)4)64-59(46-92-74(97-64)52-34-20-11-21-35-52)96-76(68)99-63-58(45-89-41-49-28-14-8-15-29-49)95-75(61(66(63)91-43-51-32-18-10-19-33-51)82-72(86)55-38-24-25-39-56(55)73(82)87)98-62-57(44-88-40-48-26-12-7-13-27-48)94-69(79-80-78)60(65(62)90-42-50-30-16-9-17-31-50)81-70(84)53-36-22-23-37-54(53)71(81)85/h7-39,57-69,74-76H,40-46H2,1-6H3/t57-,58-,59-,60-,61-,62-,63-,64-,65-,66-,67+,68+,69-,74-,75+,76+/m1/s1. The Balaban J connectivity index is 0.976. The predicted molar refractivity (Wildman–Crippen MR) is 366 cm³/mol. The molecule has 7 aromatic carbocycles. The number of fused-ring (bicyclic) bond motifs is 3. The zero-order valence-corrected chi connectivity index (χ0v) is 57.8. The van der Waals surface area contributed by atoms with Crippen LogP contribution in [0.1, 0.15) is 103 Å². The first kappa shape index (κ1) is 70.8. The molecule has 6 aliphatic rings. The molecule has 0 bridgehead atoms. The van der Waals surface area contributed by atoms with E-state index in [1.807, 2.05) is 152 Å². The van der Waals surface area contributed by atoms with Crippen molar-refractivity contribution < 1.29 is 85.2 Å². The third-order valence-corrected chi connectivity index (χ3v) is 24.0. The van der Waals surface area contributed by atoms with Crippen LogP contribution in [0, 0.1) is 0 Å². The Morgan fingerprint density at radius 1 is 0.515 bits per heavy atom. The summed E-state index contributed by atoms with van der Waals surface area (Å²) < 4.78 is 91.4. The molecule has 0 aliphatic carbocycles. The Labute approximate surface area is 586 Å². The van der Waals surface area contributed by atoms with E-state index in [1.165, 1.54) is 19.1 Å². The van der Waals surface area contributed by atoms with E-state index in [0.29, 0.717) is 11.1 Å². The SMILES string of the molecule is CC(=O)O[C@@H]1[C@H](O[C@H]2[C@H](OCc3ccccc3)[C@@H](N3C(=O)c4ccccc4C3=O)[C@H](O[C@H]3[C@H](OCc4ccccc4)[C@@H](N4C(=O)c5ccccc5C4=O)[C@H](N=[N+]=[N-])O[C@@H]3COCc3ccccc3)O[C@@H]2COCc2ccccc2)O[C@@H]2CO[C@@H](c3ccccc3)O[C@H]2[C@@H]1O[Si](C)(C)C(C)(C)C. The molecule has 23 nitrogen and oxygen atoms in total. The van der Waals surface area contributed by atoms with Crippen LogP contribution in [0.2, 0.25) is 18.1 Å². The molecule has 526 valence electrons. The van der Waals surface area contributed by atoms with Crippen LogP contribution in [-0.4, -0.2) is 159 Å². The van der Waals surface area contributed by atoms with Gasteiger partial charge in [-0.05, 0) is 70.2 Å². The lowest BCUT2D eigenvalue weighted by Crippen LogP contribution is -2.72. The summed E-state index contributed by atoms with van der Waals surface area (Å²) in [4.78, 5) is 80.6. The lowest BCUT2D eigenvalue weighted by Gasteiger charge is -2.54. The summed E-state index contributed by atoms with van der Waals surface area (Å²) in [5, 5.41) is 3.76. The molecule has 101 heavy (non-hydrogen) atoms. The van der Waals surface area contributed by atoms with Crippen molar-refractivity contribution in [2.45, 2.75) is 170 Å². The van der Waals surface area contributed by atoms with Gasteiger partial charge in [-0.25, -0.2) is 0 Å². The van der Waals surface area contributed by atoms with E-state index in [-0.39, 0.29) is 73.5 Å². The summed E-state index contributed by atoms with van der Waals surface area (Å²) in [6.07, 6.45) is -18.9. The quantitative estimate of drug-likeness (QED) is 0.0129. The third-order valence-electron chi connectivity index (χ3n) is 19.5. The maximum Gasteiger partial charge on any atom is 0.303 e. The van der Waals surface area contributed by atoms with Gasteiger partial charge in [0.25, 0.3) is 23.6 Å². The minimum atomic E-state index is -2.87. The Kier molecular flexibility index (Phi) is 21.9. The van der Waals surface area contributed by atoms with Crippen LogP contribution in [0.5, 0.6) is 0 Å². The number of amides is 4. The molecule has 16 atom stereocenters. The summed E-state index contributed by atoms with van der Waals surface area (Å²) in [5.41, 5.74) is 14.4. The van der Waals surface area contributed by atoms with Crippen molar-refractivity contribution in [3.8, 4) is 0 Å². The fourth-order valence-electron chi connectivity index (χ4n) is 13.5. The van der Waals surface area contributed by atoms with Gasteiger partial charge in [0, 0.05) is 17.4 Å². The predicted octanol–water partition coefficient (Wildman–Crippen LogP) is 11.6. The average Bonchev–Trinajstić information content (AvgIpc) is 1.71. The van der Waals surface area contributed by atoms with Crippen molar-refractivity contribution in [3.05, 3.63) is 261 Å². The number of azide groups is 1. The number of carbonyl (C=O) groups excluding carboxylic acids is 5. The smallest absolute Gasteiger partial charge is 0.303 e. The Hall–Kier alpha value is -8.66. The zero-order chi connectivity index (χ0) is 70.4. The van der Waals surface area contributed by atoms with Crippen molar-refractivity contribution in [2.75, 3.05) is 19.8 Å². The lowest BCUT2D eigenvalue weighted by atomic mass is 9.92. The normalized spacial score (nSPS) is 28.1. The summed E-state index contributed by atoms with van der Waals surface area (Å²) in [6, 6.07) is 56.0. The maximum atomic E-state index is 15.7. The van der Waals surface area contributed by atoms with Crippen molar-refractivity contribution in [1.82, 2.24) is 9.80 Å². The van der Waals surface area contributed by atoms with Gasteiger partial charge in [0.2, 0.25) is 0 Å². The van der Waals surface area contributed by atoms with Crippen molar-refractivity contribution >= 4 is 37.9 Å². The summed E-state index contributed by atoms with van der Waals surface area (Å²) in [7, 11) is -2.87. The van der Waals surface area contributed by atoms with Crippen LogP contribution in [0.15, 0.2) is 205 Å². The number of hydrogen-bond donors (Lipinski definition) is 0. The molecule has 13 rings (SSSR count). The van der Waals surface area contributed by atoms with Crippen LogP contribution < -0.4 is 0 Å². The fourth-order valence-corrected chi connectivity index (χ4v) is 14.8. The molecule has 0 aromatic heterocycles. The number of imide groups is 2. The Morgan fingerprint density at radius 3 is 1.39 bits per heavy atom. The van der Waals surface area contributed by atoms with E-state index >= 15 is 19.2 Å². The van der Waals surface area contributed by atoms with E-state index in [9.17, 15) is 10.3 Å². The summed E-state index contributed by atoms with van der Waals surface area (Å²) in [6.45, 7) is 10.8. The molecule has 4 amide bonds. The second-order valence-electron chi connectivity index (χ2n) is 27.2. The number of esters is 1. The summed E-state index contributed by atoms with van der Waals surface area (Å²) >= 11 is 0. The van der Waals surface area contributed by atoms with Gasteiger partial charge in [0.1, 0.15) is 67.0 Å². The number of nitrogens with zero attached hydrogens (tertiary/aromatic N) is 5. The average molecular weight is 1390 g/mol. The molecule has 0 saturated carbocycles. The highest BCUT2D eigenvalue weighted by Gasteiger charge is 2.63. The fraction of sp³-hybridized carbons (Fsp3) is 0.390. The maximum absolute atomic E-state index is 15.7. The van der Waals surface area contributed by atoms with Crippen LogP contribution in [-0.2, 0) is 92.5 Å². The monoisotopic (exact) mass is 1390 g/mol. The molecule has 4 fully saturated rings. The molecule has 6 aliphatic heterocycles. The van der Waals surface area contributed by atoms with Crippen LogP contribution >= 0.6 is 0 Å². The Morgan fingerprint density at radius 2 is 0.931 bits per heavy atom. The number of carbonyl (C=O) groups is 5. The zero-order valence-electron chi connectivity index (χ0n) is 56.8. The number of ether oxygens (including phenoxy) is 12. The minimum absolute atomic E-state index is 0.0318. The Bertz CT molecular complexity index is 4010. The molecular formula is C77H81N5O18Si. The molecular weight excluding hydrogens is 1310 g/mol. The summed E-state index contributed by atoms with van der Waals surface area (Å²) in [5.74, 6) is -3.64. The van der Waals surface area contributed by atoms with Gasteiger partial charge in [-0.3, -0.25) is 33.8 Å². The van der Waals surface area contributed by atoms with Gasteiger partial charge in [0.15, 0.2) is 39.5 Å². The highest BCUT2D eigenvalue weighted by Crippen LogP contribution is 2.46. The second-order valence-corrected chi connectivity index (χ2v) is 32.0. The molecule has 4 saturated heterocycles. The highest BCUT2D eigenvalue weighted by atomic mass is 28.4. The lowest BCUT2D eigenvalue weighted by molar-refractivity contribution is -0.387. The van der Waals surface area contributed by atoms with Crippen molar-refractivity contribution in [3.63, 3.8) is 0 Å². The van der Waals surface area contributed by atoms with E-state index in [1.54, 1.807) is 36.4 Å². The molecule has 6 heterocycles. The van der Waals surface area contributed by atoms with E-state index < -0.39 is 136 Å².